The van der Waals surface area contributed by atoms with E-state index in [1.807, 2.05) is 7.05 Å². The maximum absolute atomic E-state index is 11.0. The minimum absolute atomic E-state index is 0.0969. The number of nitro groups is 1. The van der Waals surface area contributed by atoms with Crippen LogP contribution < -0.4 is 5.32 Å². The lowest BCUT2D eigenvalue weighted by Crippen LogP contribution is -2.07. The molecule has 0 aliphatic carbocycles. The highest BCUT2D eigenvalue weighted by Crippen LogP contribution is 2.27. The van der Waals surface area contributed by atoms with E-state index in [1.165, 1.54) is 0 Å². The average molecular weight is 247 g/mol. The Morgan fingerprint density at radius 1 is 1.50 bits per heavy atom. The predicted octanol–water partition coefficient (Wildman–Crippen LogP) is 1.64. The summed E-state index contributed by atoms with van der Waals surface area (Å²) in [5.41, 5.74) is 1.21. The summed E-state index contributed by atoms with van der Waals surface area (Å²) in [6.45, 7) is 2.10. The third-order valence-electron chi connectivity index (χ3n) is 2.66. The van der Waals surface area contributed by atoms with Crippen LogP contribution in [0.3, 0.4) is 0 Å². The highest BCUT2D eigenvalue weighted by atomic mass is 16.6. The lowest BCUT2D eigenvalue weighted by Gasteiger charge is -2.07. The molecule has 0 aliphatic rings. The van der Waals surface area contributed by atoms with Crippen LogP contribution in [0, 0.1) is 17.0 Å². The molecule has 1 aromatic heterocycles. The Labute approximate surface area is 104 Å². The third kappa shape index (κ3) is 2.29. The fourth-order valence-electron chi connectivity index (χ4n) is 1.69. The van der Waals surface area contributed by atoms with Crippen molar-refractivity contribution in [2.45, 2.75) is 13.5 Å². The monoisotopic (exact) mass is 247 g/mol. The number of anilines is 1. The van der Waals surface area contributed by atoms with Crippen LogP contribution in [0.15, 0.2) is 24.5 Å². The van der Waals surface area contributed by atoms with E-state index in [2.05, 4.69) is 15.5 Å². The molecule has 0 atom stereocenters. The van der Waals surface area contributed by atoms with E-state index in [9.17, 15) is 10.1 Å². The molecule has 0 fully saturated rings. The molecule has 0 saturated carbocycles. The SMILES string of the molecule is Cc1cccc(NCc2nncn2C)c1[N+](=O)[O-]. The minimum Gasteiger partial charge on any atom is -0.372 e. The normalized spacial score (nSPS) is 10.3. The number of aromatic nitrogens is 3. The Kier molecular flexibility index (Phi) is 3.22. The molecule has 94 valence electrons. The fraction of sp³-hybridized carbons (Fsp3) is 0.273. The summed E-state index contributed by atoms with van der Waals surface area (Å²) in [7, 11) is 1.82. The number of nitrogens with zero attached hydrogens (tertiary/aromatic N) is 4. The average Bonchev–Trinajstić information content (AvgIpc) is 2.71. The first-order chi connectivity index (χ1) is 8.59. The van der Waals surface area contributed by atoms with Crippen molar-refractivity contribution >= 4 is 11.4 Å². The molecule has 18 heavy (non-hydrogen) atoms. The van der Waals surface area contributed by atoms with Gasteiger partial charge >= 0.3 is 0 Å². The molecular weight excluding hydrogens is 234 g/mol. The van der Waals surface area contributed by atoms with Gasteiger partial charge in [-0.3, -0.25) is 10.1 Å². The van der Waals surface area contributed by atoms with E-state index in [1.54, 1.807) is 36.0 Å². The molecular formula is C11H13N5O2. The first-order valence-corrected chi connectivity index (χ1v) is 5.40. The summed E-state index contributed by atoms with van der Waals surface area (Å²) in [6, 6.07) is 5.18. The zero-order valence-electron chi connectivity index (χ0n) is 10.1. The zero-order chi connectivity index (χ0) is 13.1. The van der Waals surface area contributed by atoms with Gasteiger partial charge in [-0.15, -0.1) is 10.2 Å². The van der Waals surface area contributed by atoms with Gasteiger partial charge in [0.15, 0.2) is 5.82 Å². The number of hydrogen-bond donors (Lipinski definition) is 1. The van der Waals surface area contributed by atoms with Gasteiger partial charge in [0, 0.05) is 12.6 Å². The van der Waals surface area contributed by atoms with E-state index in [-0.39, 0.29) is 10.6 Å². The molecule has 1 heterocycles. The predicted molar refractivity (Wildman–Crippen MR) is 66.2 cm³/mol. The van der Waals surface area contributed by atoms with Crippen LogP contribution in [0.2, 0.25) is 0 Å². The summed E-state index contributed by atoms with van der Waals surface area (Å²) < 4.78 is 1.76. The molecule has 7 heteroatoms. The van der Waals surface area contributed by atoms with Crippen molar-refractivity contribution in [2.75, 3.05) is 5.32 Å². The van der Waals surface area contributed by atoms with E-state index >= 15 is 0 Å². The van der Waals surface area contributed by atoms with Gasteiger partial charge in [-0.1, -0.05) is 12.1 Å². The smallest absolute Gasteiger partial charge is 0.295 e. The summed E-state index contributed by atoms with van der Waals surface area (Å²) in [5, 5.41) is 21.7. The molecule has 2 rings (SSSR count). The quantitative estimate of drug-likeness (QED) is 0.655. The van der Waals surface area contributed by atoms with Crippen LogP contribution in [0.25, 0.3) is 0 Å². The molecule has 0 spiro atoms. The van der Waals surface area contributed by atoms with Gasteiger partial charge in [0.2, 0.25) is 0 Å². The van der Waals surface area contributed by atoms with Crippen LogP contribution in [0.5, 0.6) is 0 Å². The molecule has 0 saturated heterocycles. The second-order valence-electron chi connectivity index (χ2n) is 3.94. The molecule has 0 bridgehead atoms. The van der Waals surface area contributed by atoms with Crippen LogP contribution in [-0.4, -0.2) is 19.7 Å². The first-order valence-electron chi connectivity index (χ1n) is 5.40. The van der Waals surface area contributed by atoms with Gasteiger partial charge in [0.05, 0.1) is 11.5 Å². The van der Waals surface area contributed by atoms with Crippen molar-refractivity contribution in [1.29, 1.82) is 0 Å². The summed E-state index contributed by atoms with van der Waals surface area (Å²) in [6.07, 6.45) is 1.58. The number of aryl methyl sites for hydroxylation is 2. The van der Waals surface area contributed by atoms with Crippen molar-refractivity contribution in [1.82, 2.24) is 14.8 Å². The Hall–Kier alpha value is -2.44. The molecule has 0 unspecified atom stereocenters. The summed E-state index contributed by atoms with van der Waals surface area (Å²) in [5.74, 6) is 0.714. The van der Waals surface area contributed by atoms with Gasteiger partial charge in [0.1, 0.15) is 12.0 Å². The van der Waals surface area contributed by atoms with Crippen molar-refractivity contribution in [2.24, 2.45) is 7.05 Å². The topological polar surface area (TPSA) is 85.9 Å². The lowest BCUT2D eigenvalue weighted by molar-refractivity contribution is -0.384. The second kappa shape index (κ2) is 4.82. The van der Waals surface area contributed by atoms with Gasteiger partial charge in [-0.25, -0.2) is 0 Å². The fourth-order valence-corrected chi connectivity index (χ4v) is 1.69. The number of para-hydroxylation sites is 1. The summed E-state index contributed by atoms with van der Waals surface area (Å²) in [4.78, 5) is 10.6. The highest BCUT2D eigenvalue weighted by molar-refractivity contribution is 5.64. The Bertz CT molecular complexity index is 579. The molecule has 0 amide bonds. The van der Waals surface area contributed by atoms with Crippen LogP contribution in [0.1, 0.15) is 11.4 Å². The maximum Gasteiger partial charge on any atom is 0.295 e. The lowest BCUT2D eigenvalue weighted by atomic mass is 10.1. The number of rotatable bonds is 4. The standard InChI is InChI=1S/C11H13N5O2/c1-8-4-3-5-9(11(8)16(17)18)12-6-10-14-13-7-15(10)2/h3-5,7,12H,6H2,1-2H3. The molecule has 1 aromatic carbocycles. The first kappa shape index (κ1) is 12.0. The summed E-state index contributed by atoms with van der Waals surface area (Å²) >= 11 is 0. The molecule has 0 radical (unpaired) electrons. The largest absolute Gasteiger partial charge is 0.372 e. The Morgan fingerprint density at radius 3 is 2.89 bits per heavy atom. The number of nitrogens with one attached hydrogen (secondary N) is 1. The molecule has 1 N–H and O–H groups in total. The van der Waals surface area contributed by atoms with Crippen molar-refractivity contribution in [3.63, 3.8) is 0 Å². The number of hydrogen-bond acceptors (Lipinski definition) is 5. The highest BCUT2D eigenvalue weighted by Gasteiger charge is 2.16. The second-order valence-corrected chi connectivity index (χ2v) is 3.94. The van der Waals surface area contributed by atoms with Gasteiger partial charge in [-0.05, 0) is 13.0 Å². The maximum atomic E-state index is 11.0. The zero-order valence-corrected chi connectivity index (χ0v) is 10.1. The molecule has 2 aromatic rings. The van der Waals surface area contributed by atoms with Gasteiger partial charge < -0.3 is 9.88 Å². The van der Waals surface area contributed by atoms with Crippen LogP contribution in [-0.2, 0) is 13.6 Å². The molecule has 7 nitrogen and oxygen atoms in total. The van der Waals surface area contributed by atoms with Crippen LogP contribution >= 0.6 is 0 Å². The van der Waals surface area contributed by atoms with Crippen molar-refractivity contribution < 1.29 is 4.92 Å². The van der Waals surface area contributed by atoms with Crippen LogP contribution in [0.4, 0.5) is 11.4 Å². The number of nitro benzene ring substituents is 1. The molecule has 0 aliphatic heterocycles. The van der Waals surface area contributed by atoms with E-state index < -0.39 is 0 Å². The Morgan fingerprint density at radius 2 is 2.28 bits per heavy atom. The van der Waals surface area contributed by atoms with E-state index in [0.29, 0.717) is 23.6 Å². The van der Waals surface area contributed by atoms with E-state index in [4.69, 9.17) is 0 Å². The van der Waals surface area contributed by atoms with E-state index in [0.717, 1.165) is 0 Å². The third-order valence-corrected chi connectivity index (χ3v) is 2.66. The van der Waals surface area contributed by atoms with Gasteiger partial charge in [-0.2, -0.15) is 0 Å². The van der Waals surface area contributed by atoms with Crippen molar-refractivity contribution in [3.8, 4) is 0 Å². The number of benzene rings is 1. The van der Waals surface area contributed by atoms with Crippen molar-refractivity contribution in [3.05, 3.63) is 46.0 Å². The Balaban J connectivity index is 2.22. The minimum atomic E-state index is -0.381. The van der Waals surface area contributed by atoms with Gasteiger partial charge in [0.25, 0.3) is 5.69 Å².